The van der Waals surface area contributed by atoms with Gasteiger partial charge in [-0.3, -0.25) is 9.59 Å². The smallest absolute Gasteiger partial charge is 0.255 e. The standard InChI is InChI=1S/C24H30N6O3/c1-4-30-23-19(15-27-30)22(28-18-9-11-33-12-10-18)20(14-25-23)24(32)26-13-17-7-5-6-8-21(17)29(3)16(2)31/h5-8,14-15,18H,4,9-13H2,1-3H3,(H,25,28)(H,26,32). The number of fused-ring (bicyclic) bond motifs is 1. The number of pyridine rings is 1. The summed E-state index contributed by atoms with van der Waals surface area (Å²) in [5.74, 6) is -0.303. The van der Waals surface area contributed by atoms with Crippen LogP contribution in [0, 0.1) is 0 Å². The predicted octanol–water partition coefficient (Wildman–Crippen LogP) is 2.95. The molecule has 0 radical (unpaired) electrons. The van der Waals surface area contributed by atoms with Crippen LogP contribution in [0.25, 0.3) is 11.0 Å². The van der Waals surface area contributed by atoms with E-state index in [1.165, 1.54) is 6.92 Å². The summed E-state index contributed by atoms with van der Waals surface area (Å²) < 4.78 is 7.30. The molecule has 0 saturated carbocycles. The number of aromatic nitrogens is 3. The SMILES string of the molecule is CCn1ncc2c(NC3CCOCC3)c(C(=O)NCc3ccccc3N(C)C(C)=O)cnc21. The van der Waals surface area contributed by atoms with E-state index in [0.717, 1.165) is 40.8 Å². The molecule has 3 aromatic rings. The van der Waals surface area contributed by atoms with Gasteiger partial charge in [-0.05, 0) is 31.4 Å². The van der Waals surface area contributed by atoms with Crippen molar-refractivity contribution in [2.24, 2.45) is 0 Å². The van der Waals surface area contributed by atoms with Crippen LogP contribution in [-0.2, 0) is 22.6 Å². The number of carbonyl (C=O) groups excluding carboxylic acids is 2. The highest BCUT2D eigenvalue weighted by Gasteiger charge is 2.22. The number of carbonyl (C=O) groups is 2. The molecule has 33 heavy (non-hydrogen) atoms. The third-order valence-corrected chi connectivity index (χ3v) is 6.04. The molecule has 1 aliphatic rings. The van der Waals surface area contributed by atoms with E-state index in [4.69, 9.17) is 4.74 Å². The Morgan fingerprint density at radius 2 is 1.97 bits per heavy atom. The molecule has 0 unspecified atom stereocenters. The first-order chi connectivity index (χ1) is 16.0. The zero-order valence-corrected chi connectivity index (χ0v) is 19.3. The number of para-hydroxylation sites is 1. The minimum Gasteiger partial charge on any atom is -0.381 e. The quantitative estimate of drug-likeness (QED) is 0.574. The van der Waals surface area contributed by atoms with Gasteiger partial charge in [0.15, 0.2) is 5.65 Å². The first-order valence-corrected chi connectivity index (χ1v) is 11.3. The average Bonchev–Trinajstić information content (AvgIpc) is 3.26. The average molecular weight is 451 g/mol. The van der Waals surface area contributed by atoms with E-state index < -0.39 is 0 Å². The molecule has 9 heteroatoms. The molecule has 0 bridgehead atoms. The largest absolute Gasteiger partial charge is 0.381 e. The van der Waals surface area contributed by atoms with Crippen molar-refractivity contribution in [3.8, 4) is 0 Å². The lowest BCUT2D eigenvalue weighted by Gasteiger charge is -2.25. The highest BCUT2D eigenvalue weighted by Crippen LogP contribution is 2.28. The molecular weight excluding hydrogens is 420 g/mol. The van der Waals surface area contributed by atoms with E-state index in [2.05, 4.69) is 20.7 Å². The molecule has 9 nitrogen and oxygen atoms in total. The Balaban J connectivity index is 1.62. The number of aryl methyl sites for hydroxylation is 1. The molecule has 1 fully saturated rings. The fourth-order valence-electron chi connectivity index (χ4n) is 4.06. The number of anilines is 2. The third kappa shape index (κ3) is 4.83. The molecule has 2 amide bonds. The molecule has 1 aromatic carbocycles. The van der Waals surface area contributed by atoms with Gasteiger partial charge in [-0.25, -0.2) is 9.67 Å². The minimum absolute atomic E-state index is 0.0701. The van der Waals surface area contributed by atoms with Crippen molar-refractivity contribution in [2.75, 3.05) is 30.5 Å². The molecule has 0 atom stereocenters. The van der Waals surface area contributed by atoms with E-state index in [9.17, 15) is 9.59 Å². The fraction of sp³-hybridized carbons (Fsp3) is 0.417. The third-order valence-electron chi connectivity index (χ3n) is 6.04. The summed E-state index contributed by atoms with van der Waals surface area (Å²) in [6.45, 7) is 5.90. The Morgan fingerprint density at radius 3 is 2.70 bits per heavy atom. The Morgan fingerprint density at radius 1 is 1.21 bits per heavy atom. The number of benzene rings is 1. The number of rotatable bonds is 7. The summed E-state index contributed by atoms with van der Waals surface area (Å²) in [4.78, 5) is 31.2. The maximum Gasteiger partial charge on any atom is 0.255 e. The lowest BCUT2D eigenvalue weighted by Crippen LogP contribution is -2.31. The molecule has 2 N–H and O–H groups in total. The minimum atomic E-state index is -0.233. The number of ether oxygens (including phenoxy) is 1. The van der Waals surface area contributed by atoms with Crippen molar-refractivity contribution in [3.63, 3.8) is 0 Å². The zero-order valence-electron chi connectivity index (χ0n) is 19.3. The van der Waals surface area contributed by atoms with E-state index >= 15 is 0 Å². The summed E-state index contributed by atoms with van der Waals surface area (Å²) in [5, 5.41) is 11.8. The summed E-state index contributed by atoms with van der Waals surface area (Å²) in [5.41, 5.74) is 3.59. The Labute approximate surface area is 193 Å². The van der Waals surface area contributed by atoms with Crippen molar-refractivity contribution in [1.82, 2.24) is 20.1 Å². The van der Waals surface area contributed by atoms with Gasteiger partial charge in [-0.2, -0.15) is 5.10 Å². The Kier molecular flexibility index (Phi) is 6.88. The van der Waals surface area contributed by atoms with Gasteiger partial charge in [0, 0.05) is 58.2 Å². The van der Waals surface area contributed by atoms with E-state index in [0.29, 0.717) is 25.3 Å². The van der Waals surface area contributed by atoms with Crippen LogP contribution in [0.5, 0.6) is 0 Å². The van der Waals surface area contributed by atoms with Gasteiger partial charge in [0.1, 0.15) is 0 Å². The van der Waals surface area contributed by atoms with Crippen molar-refractivity contribution >= 4 is 34.2 Å². The molecule has 0 aliphatic carbocycles. The van der Waals surface area contributed by atoms with Crippen molar-refractivity contribution in [2.45, 2.75) is 45.8 Å². The second kappa shape index (κ2) is 9.99. The van der Waals surface area contributed by atoms with Crippen LogP contribution in [0.15, 0.2) is 36.7 Å². The van der Waals surface area contributed by atoms with Crippen molar-refractivity contribution < 1.29 is 14.3 Å². The number of nitrogens with one attached hydrogen (secondary N) is 2. The molecule has 1 saturated heterocycles. The van der Waals surface area contributed by atoms with Crippen LogP contribution in [0.3, 0.4) is 0 Å². The summed E-state index contributed by atoms with van der Waals surface area (Å²) in [6.07, 6.45) is 5.12. The number of hydrogen-bond donors (Lipinski definition) is 2. The Bertz CT molecular complexity index is 1150. The van der Waals surface area contributed by atoms with Crippen LogP contribution in [-0.4, -0.2) is 52.9 Å². The van der Waals surface area contributed by atoms with Crippen molar-refractivity contribution in [1.29, 1.82) is 0 Å². The van der Waals surface area contributed by atoms with E-state index in [-0.39, 0.29) is 24.4 Å². The molecule has 4 rings (SSSR count). The van der Waals surface area contributed by atoms with Crippen LogP contribution < -0.4 is 15.5 Å². The van der Waals surface area contributed by atoms with Crippen LogP contribution in [0.4, 0.5) is 11.4 Å². The monoisotopic (exact) mass is 450 g/mol. The molecule has 1 aliphatic heterocycles. The predicted molar refractivity (Wildman–Crippen MR) is 127 cm³/mol. The normalized spacial score (nSPS) is 14.3. The lowest BCUT2D eigenvalue weighted by atomic mass is 10.1. The van der Waals surface area contributed by atoms with Gasteiger partial charge in [0.2, 0.25) is 5.91 Å². The van der Waals surface area contributed by atoms with Gasteiger partial charge in [-0.1, -0.05) is 18.2 Å². The number of amides is 2. The number of nitrogens with zero attached hydrogens (tertiary/aromatic N) is 4. The van der Waals surface area contributed by atoms with Crippen molar-refractivity contribution in [3.05, 3.63) is 47.8 Å². The first-order valence-electron chi connectivity index (χ1n) is 11.3. The first kappa shape index (κ1) is 22.7. The molecule has 174 valence electrons. The molecule has 0 spiro atoms. The maximum atomic E-state index is 13.3. The fourth-order valence-corrected chi connectivity index (χ4v) is 4.06. The van der Waals surface area contributed by atoms with Crippen LogP contribution >= 0.6 is 0 Å². The molecular formula is C24H30N6O3. The van der Waals surface area contributed by atoms with Gasteiger partial charge >= 0.3 is 0 Å². The molecule has 3 heterocycles. The van der Waals surface area contributed by atoms with Gasteiger partial charge in [0.25, 0.3) is 5.91 Å². The zero-order chi connectivity index (χ0) is 23.4. The van der Waals surface area contributed by atoms with Gasteiger partial charge in [0.05, 0.1) is 22.8 Å². The second-order valence-electron chi connectivity index (χ2n) is 8.16. The topological polar surface area (TPSA) is 101 Å². The maximum absolute atomic E-state index is 13.3. The summed E-state index contributed by atoms with van der Waals surface area (Å²) in [6, 6.07) is 7.76. The number of hydrogen-bond acceptors (Lipinski definition) is 6. The summed E-state index contributed by atoms with van der Waals surface area (Å²) in [7, 11) is 1.72. The van der Waals surface area contributed by atoms with Crippen LogP contribution in [0.2, 0.25) is 0 Å². The van der Waals surface area contributed by atoms with Gasteiger partial charge in [-0.15, -0.1) is 0 Å². The van der Waals surface area contributed by atoms with Gasteiger partial charge < -0.3 is 20.3 Å². The highest BCUT2D eigenvalue weighted by molar-refractivity contribution is 6.06. The molecule has 2 aromatic heterocycles. The van der Waals surface area contributed by atoms with Crippen LogP contribution in [0.1, 0.15) is 42.6 Å². The highest BCUT2D eigenvalue weighted by atomic mass is 16.5. The summed E-state index contributed by atoms with van der Waals surface area (Å²) >= 11 is 0. The lowest BCUT2D eigenvalue weighted by molar-refractivity contribution is -0.116. The second-order valence-corrected chi connectivity index (χ2v) is 8.16. The Hall–Kier alpha value is -3.46. The van der Waals surface area contributed by atoms with E-state index in [1.807, 2.05) is 35.9 Å². The van der Waals surface area contributed by atoms with E-state index in [1.54, 1.807) is 24.3 Å².